The lowest BCUT2D eigenvalue weighted by Crippen LogP contribution is -2.04. The Labute approximate surface area is 154 Å². The van der Waals surface area contributed by atoms with Crippen molar-refractivity contribution in [1.82, 2.24) is 0 Å². The van der Waals surface area contributed by atoms with E-state index in [9.17, 15) is 4.79 Å². The lowest BCUT2D eigenvalue weighted by molar-refractivity contribution is 0.0600. The number of carbonyl (C=O) groups is 1. The summed E-state index contributed by atoms with van der Waals surface area (Å²) in [6, 6.07) is 17.5. The Bertz CT molecular complexity index is 915. The van der Waals surface area contributed by atoms with Crippen LogP contribution in [0.15, 0.2) is 59.1 Å². The zero-order valence-corrected chi connectivity index (χ0v) is 15.5. The first-order valence-corrected chi connectivity index (χ1v) is 8.48. The highest BCUT2D eigenvalue weighted by Crippen LogP contribution is 2.37. The van der Waals surface area contributed by atoms with E-state index < -0.39 is 5.97 Å². The number of methoxy groups -OCH3 is 2. The van der Waals surface area contributed by atoms with Gasteiger partial charge in [-0.25, -0.2) is 4.79 Å². The van der Waals surface area contributed by atoms with E-state index in [1.54, 1.807) is 12.1 Å². The smallest absolute Gasteiger partial charge is 0.338 e. The summed E-state index contributed by atoms with van der Waals surface area (Å²) in [5, 5.41) is 2.31. The van der Waals surface area contributed by atoms with Crippen LogP contribution in [-0.4, -0.2) is 20.2 Å². The van der Waals surface area contributed by atoms with Crippen LogP contribution in [0.5, 0.6) is 11.5 Å². The molecular weight excluding hydrogens is 384 g/mol. The van der Waals surface area contributed by atoms with Gasteiger partial charge in [-0.05, 0) is 44.4 Å². The van der Waals surface area contributed by atoms with Crippen molar-refractivity contribution in [3.63, 3.8) is 0 Å². The van der Waals surface area contributed by atoms with Crippen LogP contribution >= 0.6 is 15.9 Å². The quantitative estimate of drug-likeness (QED) is 0.566. The summed E-state index contributed by atoms with van der Waals surface area (Å²) in [5.41, 5.74) is 1.47. The second-order valence-corrected chi connectivity index (χ2v) is 6.26. The van der Waals surface area contributed by atoms with Gasteiger partial charge in [0.1, 0.15) is 6.61 Å². The maximum atomic E-state index is 11.7. The molecule has 0 fully saturated rings. The van der Waals surface area contributed by atoms with Crippen LogP contribution in [0.1, 0.15) is 15.9 Å². The Hall–Kier alpha value is -2.53. The molecule has 5 heteroatoms. The second-order valence-electron chi connectivity index (χ2n) is 5.41. The Kier molecular flexibility index (Phi) is 5.24. The Balaban J connectivity index is 1.91. The maximum absolute atomic E-state index is 11.7. The molecule has 3 aromatic rings. The van der Waals surface area contributed by atoms with E-state index in [4.69, 9.17) is 14.2 Å². The highest BCUT2D eigenvalue weighted by atomic mass is 79.9. The molecule has 0 saturated heterocycles. The van der Waals surface area contributed by atoms with Crippen molar-refractivity contribution in [3.8, 4) is 11.5 Å². The molecule has 4 nitrogen and oxygen atoms in total. The summed E-state index contributed by atoms with van der Waals surface area (Å²) in [5.74, 6) is 0.581. The summed E-state index contributed by atoms with van der Waals surface area (Å²) in [6.07, 6.45) is 0. The zero-order valence-electron chi connectivity index (χ0n) is 13.9. The molecule has 0 aliphatic carbocycles. The third-order valence-corrected chi connectivity index (χ3v) is 4.49. The first kappa shape index (κ1) is 17.3. The van der Waals surface area contributed by atoms with Crippen molar-refractivity contribution < 1.29 is 19.0 Å². The number of hydrogen-bond donors (Lipinski definition) is 0. The van der Waals surface area contributed by atoms with Crippen LogP contribution in [0.2, 0.25) is 0 Å². The average Bonchev–Trinajstić information content (AvgIpc) is 2.65. The minimum atomic E-state index is -0.431. The van der Waals surface area contributed by atoms with Gasteiger partial charge in [0.2, 0.25) is 0 Å². The molecule has 0 spiro atoms. The van der Waals surface area contributed by atoms with Crippen LogP contribution < -0.4 is 9.47 Å². The van der Waals surface area contributed by atoms with E-state index in [-0.39, 0.29) is 0 Å². The van der Waals surface area contributed by atoms with E-state index in [0.717, 1.165) is 16.3 Å². The van der Waals surface area contributed by atoms with Gasteiger partial charge in [0.15, 0.2) is 11.5 Å². The summed E-state index contributed by atoms with van der Waals surface area (Å²) >= 11 is 3.45. The molecule has 0 bridgehead atoms. The predicted molar refractivity (Wildman–Crippen MR) is 100 cm³/mol. The number of esters is 1. The molecule has 0 aromatic heterocycles. The summed E-state index contributed by atoms with van der Waals surface area (Å²) in [7, 11) is 2.88. The molecule has 0 saturated carbocycles. The molecular formula is C20H17BrO4. The fraction of sp³-hybridized carbons (Fsp3) is 0.150. The number of halogens is 1. The number of hydrogen-bond acceptors (Lipinski definition) is 4. The highest BCUT2D eigenvalue weighted by Gasteiger charge is 2.16. The second kappa shape index (κ2) is 7.57. The van der Waals surface area contributed by atoms with Gasteiger partial charge >= 0.3 is 5.97 Å². The van der Waals surface area contributed by atoms with E-state index in [1.165, 1.54) is 14.2 Å². The molecule has 0 atom stereocenters. The molecule has 0 N–H and O–H groups in total. The third-order valence-electron chi connectivity index (χ3n) is 3.90. The topological polar surface area (TPSA) is 44.8 Å². The normalized spacial score (nSPS) is 10.5. The fourth-order valence-corrected chi connectivity index (χ4v) is 3.22. The van der Waals surface area contributed by atoms with Crippen LogP contribution in [0.25, 0.3) is 10.8 Å². The number of fused-ring (bicyclic) bond motifs is 1. The lowest BCUT2D eigenvalue weighted by atomic mass is 10.1. The SMILES string of the molecule is COC(=O)c1cc(Br)c(OCc2cccc3ccccc23)c(OC)c1. The van der Waals surface area contributed by atoms with E-state index in [2.05, 4.69) is 34.1 Å². The molecule has 0 aliphatic rings. The molecule has 0 amide bonds. The number of carbonyl (C=O) groups excluding carboxylic acids is 1. The largest absolute Gasteiger partial charge is 0.493 e. The first-order valence-electron chi connectivity index (χ1n) is 7.69. The van der Waals surface area contributed by atoms with Crippen molar-refractivity contribution in [3.05, 3.63) is 70.2 Å². The number of rotatable bonds is 5. The molecule has 0 unspecified atom stereocenters. The molecule has 0 heterocycles. The van der Waals surface area contributed by atoms with Gasteiger partial charge in [0.25, 0.3) is 0 Å². The van der Waals surface area contributed by atoms with Gasteiger partial charge in [-0.1, -0.05) is 42.5 Å². The third kappa shape index (κ3) is 3.61. The van der Waals surface area contributed by atoms with E-state index in [0.29, 0.717) is 28.1 Å². The Morgan fingerprint density at radius 2 is 1.80 bits per heavy atom. The number of benzene rings is 3. The van der Waals surface area contributed by atoms with Gasteiger partial charge in [-0.2, -0.15) is 0 Å². The molecule has 25 heavy (non-hydrogen) atoms. The van der Waals surface area contributed by atoms with Crippen LogP contribution in [0, 0.1) is 0 Å². The monoisotopic (exact) mass is 400 g/mol. The van der Waals surface area contributed by atoms with E-state index >= 15 is 0 Å². The van der Waals surface area contributed by atoms with Gasteiger partial charge in [-0.3, -0.25) is 0 Å². The van der Waals surface area contributed by atoms with Crippen molar-refractivity contribution in [1.29, 1.82) is 0 Å². The maximum Gasteiger partial charge on any atom is 0.338 e. The van der Waals surface area contributed by atoms with Crippen LogP contribution in [-0.2, 0) is 11.3 Å². The standard InChI is InChI=1S/C20H17BrO4/c1-23-18-11-15(20(22)24-2)10-17(21)19(18)25-12-14-8-5-7-13-6-3-4-9-16(13)14/h3-11H,12H2,1-2H3. The van der Waals surface area contributed by atoms with Crippen molar-refractivity contribution in [2.45, 2.75) is 6.61 Å². The summed E-state index contributed by atoms with van der Waals surface area (Å²) in [4.78, 5) is 11.7. The van der Waals surface area contributed by atoms with Crippen molar-refractivity contribution in [2.24, 2.45) is 0 Å². The predicted octanol–water partition coefficient (Wildman–Crippen LogP) is 4.98. The fourth-order valence-electron chi connectivity index (χ4n) is 2.66. The first-order chi connectivity index (χ1) is 12.1. The molecule has 0 aliphatic heterocycles. The van der Waals surface area contributed by atoms with Gasteiger partial charge < -0.3 is 14.2 Å². The zero-order chi connectivity index (χ0) is 17.8. The Morgan fingerprint density at radius 3 is 2.56 bits per heavy atom. The molecule has 128 valence electrons. The highest BCUT2D eigenvalue weighted by molar-refractivity contribution is 9.10. The molecule has 0 radical (unpaired) electrons. The molecule has 3 rings (SSSR count). The van der Waals surface area contributed by atoms with Crippen LogP contribution in [0.4, 0.5) is 0 Å². The molecule has 3 aromatic carbocycles. The summed E-state index contributed by atoms with van der Waals surface area (Å²) in [6.45, 7) is 0.383. The van der Waals surface area contributed by atoms with Gasteiger partial charge in [-0.15, -0.1) is 0 Å². The Morgan fingerprint density at radius 1 is 1.04 bits per heavy atom. The van der Waals surface area contributed by atoms with Crippen molar-refractivity contribution in [2.75, 3.05) is 14.2 Å². The van der Waals surface area contributed by atoms with Crippen molar-refractivity contribution >= 4 is 32.7 Å². The summed E-state index contributed by atoms with van der Waals surface area (Å²) < 4.78 is 16.8. The number of ether oxygens (including phenoxy) is 3. The van der Waals surface area contributed by atoms with Gasteiger partial charge in [0.05, 0.1) is 24.3 Å². The average molecular weight is 401 g/mol. The minimum absolute atomic E-state index is 0.383. The minimum Gasteiger partial charge on any atom is -0.493 e. The lowest BCUT2D eigenvalue weighted by Gasteiger charge is -2.15. The van der Waals surface area contributed by atoms with E-state index in [1.807, 2.05) is 24.3 Å². The van der Waals surface area contributed by atoms with Gasteiger partial charge in [0, 0.05) is 0 Å². The van der Waals surface area contributed by atoms with Crippen LogP contribution in [0.3, 0.4) is 0 Å².